The number of carbonyl (C=O) groups is 1. The Morgan fingerprint density at radius 2 is 2.12 bits per heavy atom. The van der Waals surface area contributed by atoms with Crippen molar-refractivity contribution in [2.24, 2.45) is 0 Å². The maximum Gasteiger partial charge on any atom is 0.226 e. The number of hydrogen-bond acceptors (Lipinski definition) is 2. The molecule has 0 saturated carbocycles. The highest BCUT2D eigenvalue weighted by atomic mass is 16.3. The maximum atomic E-state index is 11.1. The molecule has 2 rings (SSSR count). The molecule has 1 aromatic rings. The lowest BCUT2D eigenvalue weighted by Gasteiger charge is -2.39. The Kier molecular flexibility index (Phi) is 3.06. The smallest absolute Gasteiger partial charge is 0.226 e. The van der Waals surface area contributed by atoms with E-state index in [0.717, 1.165) is 17.6 Å². The van der Waals surface area contributed by atoms with Crippen molar-refractivity contribution in [2.45, 2.75) is 18.9 Å². The van der Waals surface area contributed by atoms with Gasteiger partial charge in [0.2, 0.25) is 5.91 Å². The first-order valence-corrected chi connectivity index (χ1v) is 5.36. The summed E-state index contributed by atoms with van der Waals surface area (Å²) in [6.07, 6.45) is 1.25. The predicted octanol–water partition coefficient (Wildman–Crippen LogP) is 1.64. The summed E-state index contributed by atoms with van der Waals surface area (Å²) in [5.74, 6) is 0.0216. The third-order valence-corrected chi connectivity index (χ3v) is 2.99. The standard InChI is InChI=1S/C13H15NO2/c1-10(11-5-3-2-4-6-11)7-12-8-13(16)14(12)9-15/h2-6,12,15H,1,7-9H2/t12-/m0/s1. The van der Waals surface area contributed by atoms with Gasteiger partial charge in [0.05, 0.1) is 0 Å². The van der Waals surface area contributed by atoms with Gasteiger partial charge in [0.25, 0.3) is 0 Å². The van der Waals surface area contributed by atoms with Gasteiger partial charge in [0, 0.05) is 12.5 Å². The number of carbonyl (C=O) groups excluding carboxylic acids is 1. The number of aliphatic hydroxyl groups is 1. The highest BCUT2D eigenvalue weighted by Crippen LogP contribution is 2.27. The molecule has 1 fully saturated rings. The molecule has 1 aliphatic rings. The molecule has 84 valence electrons. The van der Waals surface area contributed by atoms with Gasteiger partial charge < -0.3 is 10.0 Å². The Hall–Kier alpha value is -1.61. The van der Waals surface area contributed by atoms with Gasteiger partial charge in [0.1, 0.15) is 6.73 Å². The SMILES string of the molecule is C=C(C[C@H]1CC(=O)N1CO)c1ccccc1. The first-order valence-electron chi connectivity index (χ1n) is 5.36. The van der Waals surface area contributed by atoms with E-state index in [-0.39, 0.29) is 18.7 Å². The monoisotopic (exact) mass is 217 g/mol. The molecule has 1 amide bonds. The molecule has 0 spiro atoms. The molecule has 1 atom stereocenters. The summed E-state index contributed by atoms with van der Waals surface area (Å²) in [7, 11) is 0. The van der Waals surface area contributed by atoms with Crippen LogP contribution >= 0.6 is 0 Å². The number of β-lactam (4-membered cyclic amide) rings is 1. The third-order valence-electron chi connectivity index (χ3n) is 2.99. The lowest BCUT2D eigenvalue weighted by Crippen LogP contribution is -2.52. The van der Waals surface area contributed by atoms with E-state index >= 15 is 0 Å². The molecule has 3 heteroatoms. The Bertz CT molecular complexity index is 400. The maximum absolute atomic E-state index is 11.1. The average molecular weight is 217 g/mol. The van der Waals surface area contributed by atoms with Crippen molar-refractivity contribution in [3.63, 3.8) is 0 Å². The zero-order valence-corrected chi connectivity index (χ0v) is 9.10. The van der Waals surface area contributed by atoms with Crippen LogP contribution in [-0.4, -0.2) is 28.7 Å². The summed E-state index contributed by atoms with van der Waals surface area (Å²) in [6.45, 7) is 3.83. The van der Waals surface area contributed by atoms with Crippen molar-refractivity contribution in [3.05, 3.63) is 42.5 Å². The molecule has 0 radical (unpaired) electrons. The second-order valence-corrected chi connectivity index (χ2v) is 4.04. The Balaban J connectivity index is 1.96. The number of rotatable bonds is 4. The van der Waals surface area contributed by atoms with Gasteiger partial charge >= 0.3 is 0 Å². The number of benzene rings is 1. The van der Waals surface area contributed by atoms with Crippen LogP contribution in [0.4, 0.5) is 0 Å². The van der Waals surface area contributed by atoms with Crippen LogP contribution in [0.1, 0.15) is 18.4 Å². The van der Waals surface area contributed by atoms with Crippen LogP contribution in [-0.2, 0) is 4.79 Å². The van der Waals surface area contributed by atoms with E-state index in [0.29, 0.717) is 6.42 Å². The summed E-state index contributed by atoms with van der Waals surface area (Å²) >= 11 is 0. The Morgan fingerprint density at radius 3 is 2.69 bits per heavy atom. The Labute approximate surface area is 95.0 Å². The lowest BCUT2D eigenvalue weighted by molar-refractivity contribution is -0.151. The zero-order valence-electron chi connectivity index (χ0n) is 9.10. The van der Waals surface area contributed by atoms with Gasteiger partial charge in [-0.2, -0.15) is 0 Å². The molecule has 1 heterocycles. The lowest BCUT2D eigenvalue weighted by atomic mass is 9.92. The minimum atomic E-state index is -0.189. The van der Waals surface area contributed by atoms with Crippen LogP contribution in [0, 0.1) is 0 Å². The van der Waals surface area contributed by atoms with E-state index in [4.69, 9.17) is 5.11 Å². The van der Waals surface area contributed by atoms with Crippen molar-refractivity contribution in [2.75, 3.05) is 6.73 Å². The molecule has 1 saturated heterocycles. The number of nitrogens with zero attached hydrogens (tertiary/aromatic N) is 1. The second kappa shape index (κ2) is 4.49. The summed E-state index contributed by atoms with van der Waals surface area (Å²) < 4.78 is 0. The highest BCUT2D eigenvalue weighted by Gasteiger charge is 2.35. The fourth-order valence-corrected chi connectivity index (χ4v) is 1.97. The van der Waals surface area contributed by atoms with E-state index in [1.54, 1.807) is 0 Å². The number of likely N-dealkylation sites (tertiary alicyclic amines) is 1. The number of aliphatic hydroxyl groups excluding tert-OH is 1. The Morgan fingerprint density at radius 1 is 1.44 bits per heavy atom. The van der Waals surface area contributed by atoms with Crippen LogP contribution in [0.15, 0.2) is 36.9 Å². The third kappa shape index (κ3) is 1.99. The number of amides is 1. The van der Waals surface area contributed by atoms with E-state index in [9.17, 15) is 4.79 Å². The van der Waals surface area contributed by atoms with E-state index < -0.39 is 0 Å². The van der Waals surface area contributed by atoms with Crippen molar-refractivity contribution < 1.29 is 9.90 Å². The minimum Gasteiger partial charge on any atom is -0.376 e. The molecule has 1 aromatic carbocycles. The molecule has 0 bridgehead atoms. The van der Waals surface area contributed by atoms with Crippen molar-refractivity contribution in [3.8, 4) is 0 Å². The van der Waals surface area contributed by atoms with Gasteiger partial charge in [-0.3, -0.25) is 4.79 Å². The average Bonchev–Trinajstić information content (AvgIpc) is 2.30. The van der Waals surface area contributed by atoms with Crippen molar-refractivity contribution >= 4 is 11.5 Å². The zero-order chi connectivity index (χ0) is 11.5. The van der Waals surface area contributed by atoms with Gasteiger partial charge in [-0.1, -0.05) is 36.9 Å². The molecular weight excluding hydrogens is 202 g/mol. The van der Waals surface area contributed by atoms with E-state index in [1.165, 1.54) is 4.90 Å². The largest absolute Gasteiger partial charge is 0.376 e. The molecule has 0 aromatic heterocycles. The minimum absolute atomic E-state index is 0.0216. The van der Waals surface area contributed by atoms with E-state index in [1.807, 2.05) is 30.3 Å². The van der Waals surface area contributed by atoms with E-state index in [2.05, 4.69) is 6.58 Å². The summed E-state index contributed by atoms with van der Waals surface area (Å²) in [5, 5.41) is 8.99. The normalized spacial score (nSPS) is 19.4. The van der Waals surface area contributed by atoms with Gasteiger partial charge in [-0.05, 0) is 17.6 Å². The first kappa shape index (κ1) is 10.9. The first-order chi connectivity index (χ1) is 7.72. The number of hydrogen-bond donors (Lipinski definition) is 1. The second-order valence-electron chi connectivity index (χ2n) is 4.04. The molecular formula is C13H15NO2. The molecule has 3 nitrogen and oxygen atoms in total. The summed E-state index contributed by atoms with van der Waals surface area (Å²) in [5.41, 5.74) is 2.11. The van der Waals surface area contributed by atoms with Crippen LogP contribution < -0.4 is 0 Å². The quantitative estimate of drug-likeness (QED) is 0.779. The predicted molar refractivity (Wildman–Crippen MR) is 62.4 cm³/mol. The van der Waals surface area contributed by atoms with Crippen LogP contribution in [0.3, 0.4) is 0 Å². The fourth-order valence-electron chi connectivity index (χ4n) is 1.97. The fraction of sp³-hybridized carbons (Fsp3) is 0.308. The van der Waals surface area contributed by atoms with Gasteiger partial charge in [-0.15, -0.1) is 0 Å². The van der Waals surface area contributed by atoms with Crippen LogP contribution in [0.5, 0.6) is 0 Å². The van der Waals surface area contributed by atoms with Crippen LogP contribution in [0.2, 0.25) is 0 Å². The van der Waals surface area contributed by atoms with Crippen molar-refractivity contribution in [1.29, 1.82) is 0 Å². The summed E-state index contributed by atoms with van der Waals surface area (Å²) in [4.78, 5) is 12.6. The van der Waals surface area contributed by atoms with Crippen LogP contribution in [0.25, 0.3) is 5.57 Å². The molecule has 1 N–H and O–H groups in total. The molecule has 16 heavy (non-hydrogen) atoms. The molecule has 0 unspecified atom stereocenters. The molecule has 0 aliphatic carbocycles. The topological polar surface area (TPSA) is 40.5 Å². The van der Waals surface area contributed by atoms with Crippen molar-refractivity contribution in [1.82, 2.24) is 4.90 Å². The summed E-state index contributed by atoms with van der Waals surface area (Å²) in [6, 6.07) is 10.0. The molecule has 1 aliphatic heterocycles. The highest BCUT2D eigenvalue weighted by molar-refractivity contribution is 5.84. The van der Waals surface area contributed by atoms with Gasteiger partial charge in [-0.25, -0.2) is 0 Å². The van der Waals surface area contributed by atoms with Gasteiger partial charge in [0.15, 0.2) is 0 Å².